The summed E-state index contributed by atoms with van der Waals surface area (Å²) in [7, 11) is 3.13. The minimum Gasteiger partial charge on any atom is -0.462 e. The molecular formula is C11H18N2O4. The zero-order chi connectivity index (χ0) is 12.8. The van der Waals surface area contributed by atoms with Gasteiger partial charge in [-0.3, -0.25) is 0 Å². The van der Waals surface area contributed by atoms with Crippen molar-refractivity contribution in [3.63, 3.8) is 0 Å². The topological polar surface area (TPSA) is 62.6 Å². The molecule has 0 fully saturated rings. The molecule has 0 saturated heterocycles. The van der Waals surface area contributed by atoms with Crippen LogP contribution in [0.15, 0.2) is 6.20 Å². The maximum atomic E-state index is 11.7. The van der Waals surface area contributed by atoms with Crippen molar-refractivity contribution in [1.29, 1.82) is 0 Å². The van der Waals surface area contributed by atoms with Crippen LogP contribution in [0.3, 0.4) is 0 Å². The van der Waals surface area contributed by atoms with Gasteiger partial charge in [-0.1, -0.05) is 0 Å². The van der Waals surface area contributed by atoms with Crippen LogP contribution in [-0.4, -0.2) is 36.6 Å². The van der Waals surface area contributed by atoms with E-state index in [2.05, 4.69) is 5.10 Å². The van der Waals surface area contributed by atoms with Gasteiger partial charge in [0.05, 0.1) is 12.7 Å². The maximum absolute atomic E-state index is 11.7. The zero-order valence-electron chi connectivity index (χ0n) is 10.6. The quantitative estimate of drug-likeness (QED) is 0.705. The van der Waals surface area contributed by atoms with Gasteiger partial charge in [-0.25, -0.2) is 9.48 Å². The van der Waals surface area contributed by atoms with Crippen molar-refractivity contribution < 1.29 is 19.0 Å². The molecule has 0 aromatic carbocycles. The number of rotatable bonds is 6. The summed E-state index contributed by atoms with van der Waals surface area (Å²) < 4.78 is 16.6. The molecule has 6 nitrogen and oxygen atoms in total. The number of hydrogen-bond donors (Lipinski definition) is 0. The number of nitrogens with zero attached hydrogens (tertiary/aromatic N) is 2. The van der Waals surface area contributed by atoms with Gasteiger partial charge in [-0.15, -0.1) is 0 Å². The fourth-order valence-electron chi connectivity index (χ4n) is 1.41. The Morgan fingerprint density at radius 2 is 2.24 bits per heavy atom. The molecule has 6 heteroatoms. The van der Waals surface area contributed by atoms with Crippen LogP contribution >= 0.6 is 0 Å². The van der Waals surface area contributed by atoms with Gasteiger partial charge in [-0.05, 0) is 13.8 Å². The Morgan fingerprint density at radius 1 is 1.53 bits per heavy atom. The number of carbonyl (C=O) groups is 1. The minimum atomic E-state index is -0.395. The molecule has 0 N–H and O–H groups in total. The normalized spacial score (nSPS) is 12.5. The highest BCUT2D eigenvalue weighted by molar-refractivity contribution is 5.90. The van der Waals surface area contributed by atoms with Crippen molar-refractivity contribution in [1.82, 2.24) is 9.78 Å². The Labute approximate surface area is 100 Å². The Balaban J connectivity index is 3.02. The summed E-state index contributed by atoms with van der Waals surface area (Å²) in [6, 6.07) is 0. The predicted octanol–water partition coefficient (Wildman–Crippen LogP) is 1.37. The van der Waals surface area contributed by atoms with E-state index in [1.54, 1.807) is 27.3 Å². The van der Waals surface area contributed by atoms with Gasteiger partial charge < -0.3 is 14.2 Å². The second-order valence-electron chi connectivity index (χ2n) is 3.48. The molecule has 0 bridgehead atoms. The third-order valence-corrected chi connectivity index (χ3v) is 2.29. The van der Waals surface area contributed by atoms with Gasteiger partial charge in [0, 0.05) is 20.4 Å². The molecule has 1 heterocycles. The average molecular weight is 242 g/mol. The highest BCUT2D eigenvalue weighted by Crippen LogP contribution is 2.19. The highest BCUT2D eigenvalue weighted by atomic mass is 16.5. The van der Waals surface area contributed by atoms with Crippen LogP contribution in [-0.2, 0) is 20.9 Å². The number of aromatic nitrogens is 2. The first-order chi connectivity index (χ1) is 8.13. The molecule has 1 atom stereocenters. The average Bonchev–Trinajstić information content (AvgIpc) is 2.73. The maximum Gasteiger partial charge on any atom is 0.341 e. The number of esters is 1. The first-order valence-corrected chi connectivity index (χ1v) is 5.40. The molecule has 17 heavy (non-hydrogen) atoms. The van der Waals surface area contributed by atoms with Crippen LogP contribution in [0.4, 0.5) is 0 Å². The van der Waals surface area contributed by atoms with E-state index in [1.807, 2.05) is 6.92 Å². The van der Waals surface area contributed by atoms with Crippen LogP contribution in [0.5, 0.6) is 0 Å². The zero-order valence-corrected chi connectivity index (χ0v) is 10.6. The Bertz CT molecular complexity index is 376. The molecule has 1 aromatic heterocycles. The molecule has 0 amide bonds. The second kappa shape index (κ2) is 6.36. The van der Waals surface area contributed by atoms with Gasteiger partial charge in [0.2, 0.25) is 0 Å². The molecule has 0 aliphatic rings. The fraction of sp³-hybridized carbons (Fsp3) is 0.636. The summed E-state index contributed by atoms with van der Waals surface area (Å²) in [5.74, 6) is -0.395. The SMILES string of the molecule is CCOC(=O)c1cn(COC)nc1C(C)OC. The number of carbonyl (C=O) groups excluding carboxylic acids is 1. The summed E-state index contributed by atoms with van der Waals surface area (Å²) in [5.41, 5.74) is 0.973. The summed E-state index contributed by atoms with van der Waals surface area (Å²) in [4.78, 5) is 11.7. The van der Waals surface area contributed by atoms with Gasteiger partial charge in [0.15, 0.2) is 0 Å². The molecular weight excluding hydrogens is 224 g/mol. The first-order valence-electron chi connectivity index (χ1n) is 5.40. The minimum absolute atomic E-state index is 0.271. The molecule has 0 aliphatic carbocycles. The Hall–Kier alpha value is -1.40. The van der Waals surface area contributed by atoms with Gasteiger partial charge in [0.25, 0.3) is 0 Å². The largest absolute Gasteiger partial charge is 0.462 e. The van der Waals surface area contributed by atoms with Crippen LogP contribution in [0.1, 0.15) is 36.0 Å². The molecule has 0 saturated carbocycles. The van der Waals surface area contributed by atoms with Gasteiger partial charge in [-0.2, -0.15) is 5.10 Å². The van der Waals surface area contributed by atoms with Crippen LogP contribution < -0.4 is 0 Å². The van der Waals surface area contributed by atoms with Crippen molar-refractivity contribution in [3.05, 3.63) is 17.5 Å². The Morgan fingerprint density at radius 3 is 2.76 bits per heavy atom. The van der Waals surface area contributed by atoms with E-state index < -0.39 is 5.97 Å². The molecule has 1 unspecified atom stereocenters. The lowest BCUT2D eigenvalue weighted by atomic mass is 10.2. The van der Waals surface area contributed by atoms with Crippen molar-refractivity contribution in [2.45, 2.75) is 26.7 Å². The predicted molar refractivity (Wildman–Crippen MR) is 60.6 cm³/mol. The highest BCUT2D eigenvalue weighted by Gasteiger charge is 2.21. The first kappa shape index (κ1) is 13.7. The van der Waals surface area contributed by atoms with E-state index in [4.69, 9.17) is 14.2 Å². The summed E-state index contributed by atoms with van der Waals surface area (Å²) in [6.07, 6.45) is 1.33. The van der Waals surface area contributed by atoms with Crippen LogP contribution in [0.25, 0.3) is 0 Å². The van der Waals surface area contributed by atoms with E-state index in [0.717, 1.165) is 0 Å². The van der Waals surface area contributed by atoms with Gasteiger partial charge >= 0.3 is 5.97 Å². The third kappa shape index (κ3) is 3.28. The van der Waals surface area contributed by atoms with Crippen molar-refractivity contribution in [2.75, 3.05) is 20.8 Å². The van der Waals surface area contributed by atoms with Gasteiger partial charge in [0.1, 0.15) is 18.0 Å². The standard InChI is InChI=1S/C11H18N2O4/c1-5-17-11(14)9-6-13(7-15-3)12-10(9)8(2)16-4/h6,8H,5,7H2,1-4H3. The summed E-state index contributed by atoms with van der Waals surface area (Å²) in [6.45, 7) is 4.19. The lowest BCUT2D eigenvalue weighted by molar-refractivity contribution is 0.0515. The molecule has 0 spiro atoms. The van der Waals surface area contributed by atoms with Crippen LogP contribution in [0.2, 0.25) is 0 Å². The van der Waals surface area contributed by atoms with E-state index >= 15 is 0 Å². The van der Waals surface area contributed by atoms with E-state index in [0.29, 0.717) is 17.9 Å². The lowest BCUT2D eigenvalue weighted by Crippen LogP contribution is -2.09. The molecule has 96 valence electrons. The van der Waals surface area contributed by atoms with Crippen LogP contribution in [0, 0.1) is 0 Å². The molecule has 0 radical (unpaired) electrons. The smallest absolute Gasteiger partial charge is 0.341 e. The molecule has 0 aliphatic heterocycles. The second-order valence-corrected chi connectivity index (χ2v) is 3.48. The van der Waals surface area contributed by atoms with E-state index in [1.165, 1.54) is 4.68 Å². The fourth-order valence-corrected chi connectivity index (χ4v) is 1.41. The van der Waals surface area contributed by atoms with Crippen molar-refractivity contribution >= 4 is 5.97 Å². The third-order valence-electron chi connectivity index (χ3n) is 2.29. The van der Waals surface area contributed by atoms with Crippen molar-refractivity contribution in [2.24, 2.45) is 0 Å². The molecule has 1 aromatic rings. The van der Waals surface area contributed by atoms with Crippen molar-refractivity contribution in [3.8, 4) is 0 Å². The number of methoxy groups -OCH3 is 2. The number of hydrogen-bond acceptors (Lipinski definition) is 5. The number of ether oxygens (including phenoxy) is 3. The molecule has 1 rings (SSSR count). The van der Waals surface area contributed by atoms with E-state index in [-0.39, 0.29) is 12.8 Å². The lowest BCUT2D eigenvalue weighted by Gasteiger charge is -2.08. The monoisotopic (exact) mass is 242 g/mol. The van der Waals surface area contributed by atoms with E-state index in [9.17, 15) is 4.79 Å². The summed E-state index contributed by atoms with van der Waals surface area (Å²) >= 11 is 0. The Kier molecular flexibility index (Phi) is 5.11. The summed E-state index contributed by atoms with van der Waals surface area (Å²) in [5, 5.41) is 4.24.